The van der Waals surface area contributed by atoms with Crippen LogP contribution in [0.4, 0.5) is 0 Å². The molecule has 3 atom stereocenters. The van der Waals surface area contributed by atoms with Crippen LogP contribution in [0, 0.1) is 0 Å². The van der Waals surface area contributed by atoms with Crippen LogP contribution in [0.25, 0.3) is 0 Å². The number of carboxylic acid groups (broad SMARTS) is 1. The Morgan fingerprint density at radius 1 is 1.67 bits per heavy atom. The second-order valence-corrected chi connectivity index (χ2v) is 7.02. The molecule has 98 valence electrons. The summed E-state index contributed by atoms with van der Waals surface area (Å²) in [6.45, 7) is 4.05. The Bertz CT molecular complexity index is 445. The molecule has 6 heteroatoms. The largest absolute Gasteiger partial charge is 0.477 e. The molecule has 2 saturated heterocycles. The van der Waals surface area contributed by atoms with Crippen LogP contribution >= 0.6 is 11.8 Å². The third-order valence-electron chi connectivity index (χ3n) is 3.95. The zero-order valence-corrected chi connectivity index (χ0v) is 11.0. The molecule has 3 heterocycles. The fraction of sp³-hybridized carbons (Fsp3) is 0.667. The van der Waals surface area contributed by atoms with Crippen molar-refractivity contribution in [2.45, 2.75) is 35.8 Å². The normalized spacial score (nSPS) is 38.4. The van der Waals surface area contributed by atoms with Crippen molar-refractivity contribution in [3.63, 3.8) is 0 Å². The highest BCUT2D eigenvalue weighted by Crippen LogP contribution is 2.49. The van der Waals surface area contributed by atoms with Gasteiger partial charge in [0.15, 0.2) is 0 Å². The van der Waals surface area contributed by atoms with E-state index in [2.05, 4.69) is 12.2 Å². The number of rotatable bonds is 3. The molecule has 2 fully saturated rings. The van der Waals surface area contributed by atoms with Gasteiger partial charge in [-0.05, 0) is 26.0 Å². The summed E-state index contributed by atoms with van der Waals surface area (Å²) in [5.74, 6) is -1.07. The van der Waals surface area contributed by atoms with Gasteiger partial charge in [-0.2, -0.15) is 0 Å². The van der Waals surface area contributed by atoms with Crippen LogP contribution in [0.1, 0.15) is 19.8 Å². The minimum Gasteiger partial charge on any atom is -0.477 e. The highest BCUT2D eigenvalue weighted by atomic mass is 32.2. The number of carbonyl (C=O) groups is 2. The SMILES string of the molecule is CC1(SC2CCNC2)C=C(C(=O)O)N2C(=O)C[C@H]21. The lowest BCUT2D eigenvalue weighted by atomic mass is 9.93. The average Bonchev–Trinajstić information content (AvgIpc) is 2.83. The lowest BCUT2D eigenvalue weighted by Crippen LogP contribution is -2.57. The third kappa shape index (κ3) is 1.66. The Morgan fingerprint density at radius 2 is 2.44 bits per heavy atom. The molecule has 3 aliphatic heterocycles. The number of thioether (sulfide) groups is 1. The molecule has 0 aliphatic carbocycles. The molecule has 0 aromatic carbocycles. The Kier molecular flexibility index (Phi) is 2.67. The van der Waals surface area contributed by atoms with Gasteiger partial charge in [0.05, 0.1) is 10.8 Å². The van der Waals surface area contributed by atoms with Gasteiger partial charge < -0.3 is 15.3 Å². The first-order valence-electron chi connectivity index (χ1n) is 6.18. The van der Waals surface area contributed by atoms with Gasteiger partial charge in [-0.1, -0.05) is 0 Å². The molecule has 0 radical (unpaired) electrons. The third-order valence-corrected chi connectivity index (χ3v) is 5.58. The fourth-order valence-corrected chi connectivity index (χ4v) is 4.66. The van der Waals surface area contributed by atoms with E-state index >= 15 is 0 Å². The Hall–Kier alpha value is -1.01. The predicted octanol–water partition coefficient (Wildman–Crippen LogP) is 0.423. The number of hydrogen-bond acceptors (Lipinski definition) is 4. The molecule has 5 nitrogen and oxygen atoms in total. The van der Waals surface area contributed by atoms with Crippen molar-refractivity contribution in [2.75, 3.05) is 13.1 Å². The second-order valence-electron chi connectivity index (χ2n) is 5.23. The fourth-order valence-electron chi connectivity index (χ4n) is 2.98. The summed E-state index contributed by atoms with van der Waals surface area (Å²) in [5.41, 5.74) is 0.164. The topological polar surface area (TPSA) is 69.6 Å². The highest BCUT2D eigenvalue weighted by Gasteiger charge is 2.56. The molecule has 18 heavy (non-hydrogen) atoms. The first-order valence-corrected chi connectivity index (χ1v) is 7.06. The van der Waals surface area contributed by atoms with Crippen LogP contribution in [0.15, 0.2) is 11.8 Å². The zero-order chi connectivity index (χ0) is 12.9. The van der Waals surface area contributed by atoms with Gasteiger partial charge in [0.25, 0.3) is 0 Å². The molecule has 0 aromatic rings. The van der Waals surface area contributed by atoms with E-state index < -0.39 is 5.97 Å². The first-order chi connectivity index (χ1) is 8.51. The number of β-lactam (4-membered cyclic amide) rings is 1. The molecular weight excluding hydrogens is 252 g/mol. The van der Waals surface area contributed by atoms with Crippen LogP contribution in [-0.4, -0.2) is 51.0 Å². The van der Waals surface area contributed by atoms with E-state index in [1.807, 2.05) is 11.8 Å². The van der Waals surface area contributed by atoms with Crippen molar-refractivity contribution < 1.29 is 14.7 Å². The Morgan fingerprint density at radius 3 is 2.94 bits per heavy atom. The van der Waals surface area contributed by atoms with E-state index in [4.69, 9.17) is 5.11 Å². The number of carbonyl (C=O) groups excluding carboxylic acids is 1. The number of aliphatic carboxylic acids is 1. The van der Waals surface area contributed by atoms with E-state index in [1.165, 1.54) is 4.90 Å². The van der Waals surface area contributed by atoms with Crippen molar-refractivity contribution in [3.8, 4) is 0 Å². The summed E-state index contributed by atoms with van der Waals surface area (Å²) in [5, 5.41) is 13.0. The van der Waals surface area contributed by atoms with Gasteiger partial charge in [-0.3, -0.25) is 4.79 Å². The molecule has 0 aromatic heterocycles. The first kappa shape index (κ1) is 12.0. The minimum atomic E-state index is -0.998. The standard InChI is InChI=1S/C12H16N2O3S/c1-12(18-7-2-3-13-6-7)5-8(11(16)17)14-9(12)4-10(14)15/h5,7,9,13H,2-4,6H2,1H3,(H,16,17)/t7?,9-,12?/m0/s1. The van der Waals surface area contributed by atoms with Gasteiger partial charge in [-0.25, -0.2) is 4.79 Å². The summed E-state index contributed by atoms with van der Waals surface area (Å²) < 4.78 is -0.252. The Balaban J connectivity index is 1.83. The van der Waals surface area contributed by atoms with Crippen molar-refractivity contribution in [2.24, 2.45) is 0 Å². The maximum absolute atomic E-state index is 11.6. The number of hydrogen-bond donors (Lipinski definition) is 2. The van der Waals surface area contributed by atoms with Gasteiger partial charge in [0.2, 0.25) is 5.91 Å². The van der Waals surface area contributed by atoms with E-state index in [1.54, 1.807) is 6.08 Å². The zero-order valence-electron chi connectivity index (χ0n) is 10.2. The summed E-state index contributed by atoms with van der Waals surface area (Å²) in [4.78, 5) is 24.2. The number of carboxylic acids is 1. The maximum atomic E-state index is 11.6. The monoisotopic (exact) mass is 268 g/mol. The Labute approximate surface area is 110 Å². The van der Waals surface area contributed by atoms with Crippen LogP contribution in [-0.2, 0) is 9.59 Å². The molecule has 0 saturated carbocycles. The molecule has 1 amide bonds. The summed E-state index contributed by atoms with van der Waals surface area (Å²) in [7, 11) is 0. The smallest absolute Gasteiger partial charge is 0.352 e. The molecule has 3 rings (SSSR count). The van der Waals surface area contributed by atoms with E-state index in [-0.39, 0.29) is 22.4 Å². The predicted molar refractivity (Wildman–Crippen MR) is 68.2 cm³/mol. The number of nitrogens with one attached hydrogen (secondary N) is 1. The molecule has 2 N–H and O–H groups in total. The van der Waals surface area contributed by atoms with E-state index in [9.17, 15) is 9.59 Å². The summed E-state index contributed by atoms with van der Waals surface area (Å²) >= 11 is 1.81. The second kappa shape index (κ2) is 3.99. The molecule has 3 aliphatic rings. The van der Waals surface area contributed by atoms with Gasteiger partial charge in [-0.15, -0.1) is 11.8 Å². The van der Waals surface area contributed by atoms with Crippen molar-refractivity contribution in [1.29, 1.82) is 0 Å². The molecule has 2 unspecified atom stereocenters. The average molecular weight is 268 g/mol. The summed E-state index contributed by atoms with van der Waals surface area (Å²) in [6.07, 6.45) is 3.35. The van der Waals surface area contributed by atoms with Gasteiger partial charge >= 0.3 is 5.97 Å². The van der Waals surface area contributed by atoms with Crippen LogP contribution in [0.5, 0.6) is 0 Å². The van der Waals surface area contributed by atoms with Crippen LogP contribution in [0.2, 0.25) is 0 Å². The quantitative estimate of drug-likeness (QED) is 0.726. The summed E-state index contributed by atoms with van der Waals surface area (Å²) in [6, 6.07) is 0.0294. The van der Waals surface area contributed by atoms with E-state index in [0.29, 0.717) is 11.7 Å². The molecule has 0 bridgehead atoms. The lowest BCUT2D eigenvalue weighted by Gasteiger charge is -2.43. The van der Waals surface area contributed by atoms with Crippen LogP contribution < -0.4 is 5.32 Å². The van der Waals surface area contributed by atoms with E-state index in [0.717, 1.165) is 19.5 Å². The van der Waals surface area contributed by atoms with Crippen molar-refractivity contribution in [1.82, 2.24) is 10.2 Å². The van der Waals surface area contributed by atoms with Crippen molar-refractivity contribution >= 4 is 23.6 Å². The van der Waals surface area contributed by atoms with Crippen molar-refractivity contribution in [3.05, 3.63) is 11.8 Å². The van der Waals surface area contributed by atoms with Crippen LogP contribution in [0.3, 0.4) is 0 Å². The number of amides is 1. The van der Waals surface area contributed by atoms with Gasteiger partial charge in [0, 0.05) is 18.2 Å². The lowest BCUT2D eigenvalue weighted by molar-refractivity contribution is -0.147. The maximum Gasteiger partial charge on any atom is 0.352 e. The minimum absolute atomic E-state index is 0.0294. The molecular formula is C12H16N2O3S. The number of nitrogens with zero attached hydrogens (tertiary/aromatic N) is 1. The number of fused-ring (bicyclic) bond motifs is 1. The highest BCUT2D eigenvalue weighted by molar-refractivity contribution is 8.01. The van der Waals surface area contributed by atoms with Gasteiger partial charge in [0.1, 0.15) is 5.70 Å². The molecule has 0 spiro atoms.